The zero-order valence-electron chi connectivity index (χ0n) is 12.0. The van der Waals surface area contributed by atoms with E-state index in [1.54, 1.807) is 14.0 Å². The van der Waals surface area contributed by atoms with Crippen LogP contribution in [0.1, 0.15) is 45.7 Å². The van der Waals surface area contributed by atoms with Gasteiger partial charge in [-0.05, 0) is 20.3 Å². The van der Waals surface area contributed by atoms with Crippen LogP contribution in [-0.4, -0.2) is 32.0 Å². The van der Waals surface area contributed by atoms with E-state index < -0.39 is 11.0 Å². The van der Waals surface area contributed by atoms with Crippen LogP contribution in [0.3, 0.4) is 0 Å². The summed E-state index contributed by atoms with van der Waals surface area (Å²) in [4.78, 5) is 10.8. The number of rotatable bonds is 6. The average molecular weight is 270 g/mol. The van der Waals surface area contributed by atoms with E-state index >= 15 is 0 Å². The second-order valence-corrected chi connectivity index (χ2v) is 5.25. The number of aliphatic hydroxyl groups is 1. The fourth-order valence-electron chi connectivity index (χ4n) is 2.07. The molecule has 0 amide bonds. The summed E-state index contributed by atoms with van der Waals surface area (Å²) in [5, 5.41) is 27.9. The molecule has 0 aliphatic rings. The van der Waals surface area contributed by atoms with Gasteiger partial charge in [-0.25, -0.2) is 4.68 Å². The lowest BCUT2D eigenvalue weighted by Gasteiger charge is -2.16. The SMILES string of the molecule is CC(O)CC(C)Nc1c([N+](=O)[O-])c(C(C)C)nn1C. The van der Waals surface area contributed by atoms with Crippen molar-refractivity contribution < 1.29 is 10.0 Å². The van der Waals surface area contributed by atoms with Crippen LogP contribution in [0.5, 0.6) is 0 Å². The highest BCUT2D eigenvalue weighted by Gasteiger charge is 2.29. The minimum atomic E-state index is -0.459. The zero-order chi connectivity index (χ0) is 14.7. The van der Waals surface area contributed by atoms with Crippen LogP contribution in [-0.2, 0) is 7.05 Å². The van der Waals surface area contributed by atoms with Gasteiger partial charge in [0.2, 0.25) is 5.82 Å². The number of aliphatic hydroxyl groups excluding tert-OH is 1. The fraction of sp³-hybridized carbons (Fsp3) is 0.750. The van der Waals surface area contributed by atoms with Gasteiger partial charge < -0.3 is 10.4 Å². The maximum Gasteiger partial charge on any atom is 0.334 e. The van der Waals surface area contributed by atoms with Crippen molar-refractivity contribution >= 4 is 11.5 Å². The second kappa shape index (κ2) is 6.01. The van der Waals surface area contributed by atoms with Gasteiger partial charge in [0.05, 0.1) is 11.0 Å². The van der Waals surface area contributed by atoms with E-state index in [0.29, 0.717) is 17.9 Å². The number of anilines is 1. The van der Waals surface area contributed by atoms with Crippen molar-refractivity contribution in [2.24, 2.45) is 7.05 Å². The maximum absolute atomic E-state index is 11.2. The molecule has 0 radical (unpaired) electrons. The van der Waals surface area contributed by atoms with Crippen LogP contribution in [0.25, 0.3) is 0 Å². The summed E-state index contributed by atoms with van der Waals surface area (Å²) in [6.07, 6.45) is 0.0543. The van der Waals surface area contributed by atoms with Gasteiger partial charge in [0.15, 0.2) is 0 Å². The molecule has 1 rings (SSSR count). The number of aryl methyl sites for hydroxylation is 1. The van der Waals surface area contributed by atoms with Crippen LogP contribution in [0.4, 0.5) is 11.5 Å². The molecule has 1 aromatic rings. The van der Waals surface area contributed by atoms with E-state index in [1.807, 2.05) is 20.8 Å². The summed E-state index contributed by atoms with van der Waals surface area (Å²) in [5.41, 5.74) is 0.495. The number of nitrogens with zero attached hydrogens (tertiary/aromatic N) is 3. The molecule has 1 heterocycles. The number of aromatic nitrogens is 2. The third-order valence-corrected chi connectivity index (χ3v) is 2.86. The van der Waals surface area contributed by atoms with Gasteiger partial charge in [0, 0.05) is 19.0 Å². The minimum absolute atomic E-state index is 0.0192. The van der Waals surface area contributed by atoms with Crippen LogP contribution < -0.4 is 5.32 Å². The Morgan fingerprint density at radius 3 is 2.42 bits per heavy atom. The summed E-state index contributed by atoms with van der Waals surface area (Å²) < 4.78 is 1.49. The highest BCUT2D eigenvalue weighted by Crippen LogP contribution is 2.33. The summed E-state index contributed by atoms with van der Waals surface area (Å²) in [5.74, 6) is 0.371. The molecule has 0 saturated carbocycles. The quantitative estimate of drug-likeness (QED) is 0.609. The third kappa shape index (κ3) is 3.66. The molecule has 0 aliphatic carbocycles. The fourth-order valence-corrected chi connectivity index (χ4v) is 2.07. The normalized spacial score (nSPS) is 14.5. The highest BCUT2D eigenvalue weighted by atomic mass is 16.6. The lowest BCUT2D eigenvalue weighted by molar-refractivity contribution is -0.384. The third-order valence-electron chi connectivity index (χ3n) is 2.86. The maximum atomic E-state index is 11.2. The molecular formula is C12H22N4O3. The second-order valence-electron chi connectivity index (χ2n) is 5.25. The van der Waals surface area contributed by atoms with Crippen molar-refractivity contribution in [3.8, 4) is 0 Å². The lowest BCUT2D eigenvalue weighted by atomic mass is 10.1. The van der Waals surface area contributed by atoms with Crippen molar-refractivity contribution in [2.45, 2.75) is 52.2 Å². The van der Waals surface area contributed by atoms with Crippen LogP contribution >= 0.6 is 0 Å². The summed E-state index contributed by atoms with van der Waals surface area (Å²) in [7, 11) is 1.68. The molecular weight excluding hydrogens is 248 g/mol. The summed E-state index contributed by atoms with van der Waals surface area (Å²) >= 11 is 0. The Hall–Kier alpha value is -1.63. The summed E-state index contributed by atoms with van der Waals surface area (Å²) in [6, 6.07) is -0.0749. The number of hydrogen-bond donors (Lipinski definition) is 2. The molecule has 108 valence electrons. The highest BCUT2D eigenvalue weighted by molar-refractivity contribution is 5.61. The van der Waals surface area contributed by atoms with Crippen molar-refractivity contribution in [1.82, 2.24) is 9.78 Å². The molecule has 2 atom stereocenters. The molecule has 7 nitrogen and oxygen atoms in total. The first-order valence-corrected chi connectivity index (χ1v) is 6.39. The van der Waals surface area contributed by atoms with E-state index in [4.69, 9.17) is 0 Å². The van der Waals surface area contributed by atoms with Crippen molar-refractivity contribution in [3.63, 3.8) is 0 Å². The predicted molar refractivity (Wildman–Crippen MR) is 73.3 cm³/mol. The molecule has 7 heteroatoms. The van der Waals surface area contributed by atoms with E-state index in [9.17, 15) is 15.2 Å². The van der Waals surface area contributed by atoms with Crippen LogP contribution in [0.15, 0.2) is 0 Å². The van der Waals surface area contributed by atoms with E-state index in [0.717, 1.165) is 0 Å². The average Bonchev–Trinajstić information content (AvgIpc) is 2.55. The smallest absolute Gasteiger partial charge is 0.334 e. The molecule has 19 heavy (non-hydrogen) atoms. The van der Waals surface area contributed by atoms with Crippen molar-refractivity contribution in [2.75, 3.05) is 5.32 Å². The number of nitro groups is 1. The summed E-state index contributed by atoms with van der Waals surface area (Å²) in [6.45, 7) is 7.31. The van der Waals surface area contributed by atoms with Gasteiger partial charge in [0.1, 0.15) is 5.69 Å². The van der Waals surface area contributed by atoms with Gasteiger partial charge in [-0.3, -0.25) is 10.1 Å². The standard InChI is InChI=1S/C12H22N4O3/c1-7(2)10-11(16(18)19)12(15(5)14-10)13-8(3)6-9(4)17/h7-9,13,17H,6H2,1-5H3. The van der Waals surface area contributed by atoms with Gasteiger partial charge >= 0.3 is 5.69 Å². The monoisotopic (exact) mass is 270 g/mol. The lowest BCUT2D eigenvalue weighted by Crippen LogP contribution is -2.22. The molecule has 0 fully saturated rings. The zero-order valence-corrected chi connectivity index (χ0v) is 12.0. The minimum Gasteiger partial charge on any atom is -0.393 e. The Labute approximate surface area is 112 Å². The Bertz CT molecular complexity index is 454. The molecule has 0 saturated heterocycles. The molecule has 0 aliphatic heterocycles. The molecule has 0 bridgehead atoms. The molecule has 2 unspecified atom stereocenters. The van der Waals surface area contributed by atoms with E-state index in [1.165, 1.54) is 4.68 Å². The van der Waals surface area contributed by atoms with Crippen LogP contribution in [0, 0.1) is 10.1 Å². The first kappa shape index (κ1) is 15.4. The van der Waals surface area contributed by atoms with Crippen molar-refractivity contribution in [3.05, 3.63) is 15.8 Å². The van der Waals surface area contributed by atoms with Crippen molar-refractivity contribution in [1.29, 1.82) is 0 Å². The Kier molecular flexibility index (Phi) is 4.88. The first-order valence-electron chi connectivity index (χ1n) is 6.39. The van der Waals surface area contributed by atoms with Crippen LogP contribution in [0.2, 0.25) is 0 Å². The van der Waals surface area contributed by atoms with Gasteiger partial charge in [-0.1, -0.05) is 13.8 Å². The molecule has 1 aromatic heterocycles. The van der Waals surface area contributed by atoms with Gasteiger partial charge in [0.25, 0.3) is 0 Å². The molecule has 2 N–H and O–H groups in total. The number of hydrogen-bond acceptors (Lipinski definition) is 5. The van der Waals surface area contributed by atoms with Gasteiger partial charge in [-0.2, -0.15) is 5.10 Å². The Morgan fingerprint density at radius 2 is 2.00 bits per heavy atom. The molecule has 0 spiro atoms. The Balaban J connectivity index is 3.09. The molecule has 0 aromatic carbocycles. The topological polar surface area (TPSA) is 93.2 Å². The number of nitrogens with one attached hydrogen (secondary N) is 1. The predicted octanol–water partition coefficient (Wildman–Crippen LogP) is 2.02. The van der Waals surface area contributed by atoms with E-state index in [2.05, 4.69) is 10.4 Å². The Morgan fingerprint density at radius 1 is 1.42 bits per heavy atom. The van der Waals surface area contributed by atoms with E-state index in [-0.39, 0.29) is 17.6 Å². The largest absolute Gasteiger partial charge is 0.393 e. The van der Waals surface area contributed by atoms with Gasteiger partial charge in [-0.15, -0.1) is 0 Å². The first-order chi connectivity index (χ1) is 8.73.